The van der Waals surface area contributed by atoms with E-state index < -0.39 is 0 Å². The van der Waals surface area contributed by atoms with Crippen molar-refractivity contribution in [2.75, 3.05) is 0 Å². The molecule has 0 amide bonds. The van der Waals surface area contributed by atoms with Crippen LogP contribution >= 0.6 is 11.8 Å². The van der Waals surface area contributed by atoms with Gasteiger partial charge in [0, 0.05) is 11.4 Å². The van der Waals surface area contributed by atoms with Crippen LogP contribution in [0.1, 0.15) is 16.5 Å². The number of nitrogens with one attached hydrogen (secondary N) is 1. The normalized spacial score (nSPS) is 19.1. The minimum atomic E-state index is 0.385. The molecule has 1 N–H and O–H groups in total. The van der Waals surface area contributed by atoms with Crippen molar-refractivity contribution in [1.29, 1.82) is 0 Å². The second kappa shape index (κ2) is 4.32. The van der Waals surface area contributed by atoms with Gasteiger partial charge in [-0.2, -0.15) is 0 Å². The molecule has 1 aliphatic rings. The fraction of sp³-hybridized carbons (Fsp3) is 0.143. The van der Waals surface area contributed by atoms with Crippen LogP contribution in [0.15, 0.2) is 59.5 Å². The van der Waals surface area contributed by atoms with E-state index in [0.29, 0.717) is 5.37 Å². The maximum absolute atomic E-state index is 3.55. The fourth-order valence-corrected chi connectivity index (χ4v) is 3.11. The molecule has 0 radical (unpaired) electrons. The Bertz CT molecular complexity index is 481. The predicted molar refractivity (Wildman–Crippen MR) is 68.3 cm³/mol. The quantitative estimate of drug-likeness (QED) is 0.799. The van der Waals surface area contributed by atoms with Gasteiger partial charge in [-0.05, 0) is 17.2 Å². The van der Waals surface area contributed by atoms with Crippen molar-refractivity contribution in [3.05, 3.63) is 65.7 Å². The molecule has 0 aliphatic carbocycles. The average molecular weight is 227 g/mol. The largest absolute Gasteiger partial charge is 0.297 e. The Kier molecular flexibility index (Phi) is 2.68. The molecule has 3 rings (SSSR count). The van der Waals surface area contributed by atoms with E-state index >= 15 is 0 Å². The molecular weight excluding hydrogens is 214 g/mol. The third-order valence-electron chi connectivity index (χ3n) is 2.80. The second-order valence-electron chi connectivity index (χ2n) is 3.90. The molecule has 80 valence electrons. The van der Waals surface area contributed by atoms with Crippen LogP contribution in [-0.4, -0.2) is 0 Å². The van der Waals surface area contributed by atoms with Crippen LogP contribution in [-0.2, 0) is 6.54 Å². The Morgan fingerprint density at radius 2 is 1.69 bits per heavy atom. The van der Waals surface area contributed by atoms with E-state index in [4.69, 9.17) is 0 Å². The molecule has 1 aliphatic heterocycles. The highest BCUT2D eigenvalue weighted by Gasteiger charge is 2.18. The minimum Gasteiger partial charge on any atom is -0.297 e. The first-order valence-corrected chi connectivity index (χ1v) is 6.34. The maximum Gasteiger partial charge on any atom is 0.0838 e. The van der Waals surface area contributed by atoms with Gasteiger partial charge < -0.3 is 0 Å². The first kappa shape index (κ1) is 9.94. The number of hydrogen-bond donors (Lipinski definition) is 1. The molecular formula is C14H13NS. The lowest BCUT2D eigenvalue weighted by Crippen LogP contribution is -2.22. The Balaban J connectivity index is 1.89. The molecule has 1 unspecified atom stereocenters. The molecule has 0 aromatic heterocycles. The van der Waals surface area contributed by atoms with Crippen LogP contribution in [0.4, 0.5) is 0 Å². The van der Waals surface area contributed by atoms with Gasteiger partial charge in [-0.1, -0.05) is 48.5 Å². The molecule has 2 heteroatoms. The standard InChI is InChI=1S/C14H13NS/c1-2-6-11(7-3-1)14-15-10-12-8-4-5-9-13(12)16-14/h1-9,14-15H,10H2. The summed E-state index contributed by atoms with van der Waals surface area (Å²) in [5.41, 5.74) is 2.75. The summed E-state index contributed by atoms with van der Waals surface area (Å²) in [6.07, 6.45) is 0. The van der Waals surface area contributed by atoms with Crippen LogP contribution in [0.5, 0.6) is 0 Å². The van der Waals surface area contributed by atoms with Crippen molar-refractivity contribution >= 4 is 11.8 Å². The first-order chi connectivity index (χ1) is 7.93. The smallest absolute Gasteiger partial charge is 0.0838 e. The Morgan fingerprint density at radius 3 is 2.56 bits per heavy atom. The van der Waals surface area contributed by atoms with Gasteiger partial charge in [0.05, 0.1) is 5.37 Å². The molecule has 0 saturated carbocycles. The van der Waals surface area contributed by atoms with Crippen molar-refractivity contribution in [3.8, 4) is 0 Å². The monoisotopic (exact) mass is 227 g/mol. The summed E-state index contributed by atoms with van der Waals surface area (Å²) >= 11 is 1.90. The van der Waals surface area contributed by atoms with Gasteiger partial charge in [-0.15, -0.1) is 11.8 Å². The number of thioether (sulfide) groups is 1. The molecule has 1 nitrogen and oxygen atoms in total. The summed E-state index contributed by atoms with van der Waals surface area (Å²) in [6, 6.07) is 19.2. The Morgan fingerprint density at radius 1 is 0.938 bits per heavy atom. The van der Waals surface area contributed by atoms with Crippen molar-refractivity contribution < 1.29 is 0 Å². The number of hydrogen-bond acceptors (Lipinski definition) is 2. The van der Waals surface area contributed by atoms with Crippen LogP contribution < -0.4 is 5.32 Å². The SMILES string of the molecule is c1ccc(C2NCc3ccccc3S2)cc1. The highest BCUT2D eigenvalue weighted by Crippen LogP contribution is 2.38. The minimum absolute atomic E-state index is 0.385. The number of fused-ring (bicyclic) bond motifs is 1. The zero-order chi connectivity index (χ0) is 10.8. The molecule has 1 heterocycles. The van der Waals surface area contributed by atoms with Gasteiger partial charge in [0.25, 0.3) is 0 Å². The van der Waals surface area contributed by atoms with Crippen LogP contribution in [0.3, 0.4) is 0 Å². The van der Waals surface area contributed by atoms with E-state index in [2.05, 4.69) is 59.9 Å². The van der Waals surface area contributed by atoms with E-state index in [1.165, 1.54) is 16.0 Å². The van der Waals surface area contributed by atoms with E-state index in [1.807, 2.05) is 11.8 Å². The van der Waals surface area contributed by atoms with Gasteiger partial charge >= 0.3 is 0 Å². The topological polar surface area (TPSA) is 12.0 Å². The van der Waals surface area contributed by atoms with Crippen molar-refractivity contribution in [2.45, 2.75) is 16.8 Å². The van der Waals surface area contributed by atoms with E-state index in [1.54, 1.807) is 0 Å². The first-order valence-electron chi connectivity index (χ1n) is 5.46. The molecule has 0 saturated heterocycles. The van der Waals surface area contributed by atoms with E-state index in [0.717, 1.165) is 6.54 Å². The summed E-state index contributed by atoms with van der Waals surface area (Å²) < 4.78 is 0. The highest BCUT2D eigenvalue weighted by atomic mass is 32.2. The van der Waals surface area contributed by atoms with Gasteiger partial charge in [0.1, 0.15) is 0 Å². The van der Waals surface area contributed by atoms with Gasteiger partial charge in [0.15, 0.2) is 0 Å². The van der Waals surface area contributed by atoms with Gasteiger partial charge in [0.2, 0.25) is 0 Å². The number of rotatable bonds is 1. The molecule has 0 fully saturated rings. The molecule has 16 heavy (non-hydrogen) atoms. The number of benzene rings is 2. The van der Waals surface area contributed by atoms with Gasteiger partial charge in [-0.3, -0.25) is 5.32 Å². The van der Waals surface area contributed by atoms with E-state index in [9.17, 15) is 0 Å². The molecule has 1 atom stereocenters. The summed E-state index contributed by atoms with van der Waals surface area (Å²) in [6.45, 7) is 0.961. The van der Waals surface area contributed by atoms with Crippen LogP contribution in [0.25, 0.3) is 0 Å². The van der Waals surface area contributed by atoms with Crippen LogP contribution in [0, 0.1) is 0 Å². The molecule has 2 aromatic rings. The Hall–Kier alpha value is -1.25. The van der Waals surface area contributed by atoms with Crippen molar-refractivity contribution in [2.24, 2.45) is 0 Å². The van der Waals surface area contributed by atoms with Crippen molar-refractivity contribution in [1.82, 2.24) is 5.32 Å². The lowest BCUT2D eigenvalue weighted by Gasteiger charge is -2.25. The third-order valence-corrected chi connectivity index (χ3v) is 4.12. The zero-order valence-corrected chi connectivity index (χ0v) is 9.71. The summed E-state index contributed by atoms with van der Waals surface area (Å²) in [5.74, 6) is 0. The second-order valence-corrected chi connectivity index (χ2v) is 5.04. The van der Waals surface area contributed by atoms with E-state index in [-0.39, 0.29) is 0 Å². The predicted octanol–water partition coefficient (Wildman–Crippen LogP) is 3.58. The summed E-state index contributed by atoms with van der Waals surface area (Å²) in [4.78, 5) is 1.40. The van der Waals surface area contributed by atoms with Crippen LogP contribution in [0.2, 0.25) is 0 Å². The lowest BCUT2D eigenvalue weighted by atomic mass is 10.2. The molecule has 0 bridgehead atoms. The third kappa shape index (κ3) is 1.86. The molecule has 2 aromatic carbocycles. The fourth-order valence-electron chi connectivity index (χ4n) is 1.95. The van der Waals surface area contributed by atoms with Crippen molar-refractivity contribution in [3.63, 3.8) is 0 Å². The zero-order valence-electron chi connectivity index (χ0n) is 8.89. The maximum atomic E-state index is 3.55. The lowest BCUT2D eigenvalue weighted by molar-refractivity contribution is 0.655. The summed E-state index contributed by atoms with van der Waals surface area (Å²) in [7, 11) is 0. The average Bonchev–Trinajstić information content (AvgIpc) is 2.39. The molecule has 0 spiro atoms. The highest BCUT2D eigenvalue weighted by molar-refractivity contribution is 7.99. The van der Waals surface area contributed by atoms with Gasteiger partial charge in [-0.25, -0.2) is 0 Å². The summed E-state index contributed by atoms with van der Waals surface area (Å²) in [5, 5.41) is 3.94. The Labute approximate surface area is 99.9 Å².